The fraction of sp³-hybridized carbons (Fsp3) is 0.238. The van der Waals surface area contributed by atoms with Crippen LogP contribution in [0.5, 0.6) is 0 Å². The van der Waals surface area contributed by atoms with Crippen LogP contribution in [0.3, 0.4) is 0 Å². The third kappa shape index (κ3) is 4.50. The van der Waals surface area contributed by atoms with E-state index in [1.807, 2.05) is 32.0 Å². The van der Waals surface area contributed by atoms with E-state index >= 15 is 0 Å². The summed E-state index contributed by atoms with van der Waals surface area (Å²) < 4.78 is 6.52. The molecule has 162 valence electrons. The fourth-order valence-corrected chi connectivity index (χ4v) is 4.00. The van der Waals surface area contributed by atoms with E-state index < -0.39 is 6.09 Å². The number of anilines is 1. The van der Waals surface area contributed by atoms with Crippen LogP contribution >= 0.6 is 11.3 Å². The van der Waals surface area contributed by atoms with Gasteiger partial charge in [0.05, 0.1) is 40.8 Å². The van der Waals surface area contributed by atoms with Gasteiger partial charge in [-0.1, -0.05) is 11.3 Å². The van der Waals surface area contributed by atoms with Crippen LogP contribution in [0.15, 0.2) is 36.7 Å². The quantitative estimate of drug-likeness (QED) is 0.438. The number of aromatic nitrogens is 5. The van der Waals surface area contributed by atoms with Crippen molar-refractivity contribution in [3.8, 4) is 28.0 Å². The van der Waals surface area contributed by atoms with Gasteiger partial charge in [0, 0.05) is 24.3 Å². The van der Waals surface area contributed by atoms with Crippen molar-refractivity contribution in [1.82, 2.24) is 24.8 Å². The minimum absolute atomic E-state index is 0.153. The summed E-state index contributed by atoms with van der Waals surface area (Å²) in [6.07, 6.45) is 2.91. The van der Waals surface area contributed by atoms with Crippen LogP contribution in [0, 0.1) is 11.3 Å². The predicted octanol–water partition coefficient (Wildman–Crippen LogP) is 3.24. The Hall–Kier alpha value is -4.04. The van der Waals surface area contributed by atoms with Gasteiger partial charge in [0.2, 0.25) is 0 Å². The van der Waals surface area contributed by atoms with Gasteiger partial charge in [0.15, 0.2) is 5.01 Å². The van der Waals surface area contributed by atoms with Gasteiger partial charge < -0.3 is 15.8 Å². The Morgan fingerprint density at radius 3 is 2.91 bits per heavy atom. The number of nitrogens with two attached hydrogens (primary N) is 1. The molecule has 0 unspecified atom stereocenters. The standard InChI is InChI=1S/C21H20N8O2S/c1-12(2)26-16-8-17(18-4-3-14-7-13(9-22)10-25-29(14)18)24-11-15(16)20-28-27-19(32-20)5-6-31-21(23)30/h3-4,7-8,10-12H,5-6H2,1-2H3,(H2,23,30)(H,24,26). The van der Waals surface area contributed by atoms with Crippen LogP contribution in [-0.2, 0) is 11.2 Å². The molecule has 4 aromatic rings. The number of nitrogens with zero attached hydrogens (tertiary/aromatic N) is 6. The minimum atomic E-state index is -0.811. The van der Waals surface area contributed by atoms with E-state index in [-0.39, 0.29) is 12.6 Å². The Labute approximate surface area is 187 Å². The molecule has 4 aromatic heterocycles. The lowest BCUT2D eigenvalue weighted by atomic mass is 10.1. The highest BCUT2D eigenvalue weighted by molar-refractivity contribution is 7.14. The van der Waals surface area contributed by atoms with Gasteiger partial charge in [0.1, 0.15) is 11.1 Å². The van der Waals surface area contributed by atoms with Crippen LogP contribution in [0.4, 0.5) is 10.5 Å². The van der Waals surface area contributed by atoms with Crippen molar-refractivity contribution in [2.24, 2.45) is 5.73 Å². The number of nitrogens with one attached hydrogen (secondary N) is 1. The average molecular weight is 449 g/mol. The molecule has 1 amide bonds. The number of amides is 1. The van der Waals surface area contributed by atoms with E-state index in [1.54, 1.807) is 16.8 Å². The summed E-state index contributed by atoms with van der Waals surface area (Å²) in [4.78, 5) is 15.4. The number of carbonyl (C=O) groups is 1. The number of hydrogen-bond donors (Lipinski definition) is 2. The third-order valence-electron chi connectivity index (χ3n) is 4.50. The summed E-state index contributed by atoms with van der Waals surface area (Å²) in [5, 5.41) is 26.8. The maximum Gasteiger partial charge on any atom is 0.404 e. The van der Waals surface area contributed by atoms with Crippen LogP contribution in [0.1, 0.15) is 24.4 Å². The summed E-state index contributed by atoms with van der Waals surface area (Å²) in [5.74, 6) is 0. The van der Waals surface area contributed by atoms with E-state index in [0.717, 1.165) is 33.2 Å². The van der Waals surface area contributed by atoms with Gasteiger partial charge in [0.25, 0.3) is 0 Å². The highest BCUT2D eigenvalue weighted by Crippen LogP contribution is 2.33. The summed E-state index contributed by atoms with van der Waals surface area (Å²) >= 11 is 1.41. The summed E-state index contributed by atoms with van der Waals surface area (Å²) in [5.41, 5.74) is 9.53. The highest BCUT2D eigenvalue weighted by Gasteiger charge is 2.16. The van der Waals surface area contributed by atoms with Crippen molar-refractivity contribution in [3.63, 3.8) is 0 Å². The second-order valence-electron chi connectivity index (χ2n) is 7.24. The first kappa shape index (κ1) is 21.2. The molecule has 0 spiro atoms. The first-order chi connectivity index (χ1) is 15.4. The Morgan fingerprint density at radius 1 is 1.31 bits per heavy atom. The maximum absolute atomic E-state index is 10.7. The molecule has 0 fully saturated rings. The highest BCUT2D eigenvalue weighted by atomic mass is 32.1. The zero-order valence-corrected chi connectivity index (χ0v) is 18.3. The second kappa shape index (κ2) is 8.99. The topological polar surface area (TPSA) is 144 Å². The lowest BCUT2D eigenvalue weighted by Crippen LogP contribution is -2.14. The molecule has 0 aromatic carbocycles. The molecule has 4 heterocycles. The second-order valence-corrected chi connectivity index (χ2v) is 8.31. The van der Waals surface area contributed by atoms with Crippen molar-refractivity contribution >= 4 is 28.6 Å². The normalized spacial score (nSPS) is 10.9. The molecule has 4 rings (SSSR count). The lowest BCUT2D eigenvalue weighted by molar-refractivity contribution is 0.158. The SMILES string of the molecule is CC(C)Nc1cc(-c2ccc3cc(C#N)cnn23)ncc1-c1nnc(CCOC(N)=O)s1. The molecular weight excluding hydrogens is 428 g/mol. The zero-order valence-electron chi connectivity index (χ0n) is 17.4. The molecule has 0 aliphatic rings. The van der Waals surface area contributed by atoms with Gasteiger partial charge in [-0.15, -0.1) is 10.2 Å². The molecule has 0 saturated heterocycles. The Kier molecular flexibility index (Phi) is 5.96. The number of ether oxygens (including phenoxy) is 1. The average Bonchev–Trinajstić information content (AvgIpc) is 3.39. The number of nitriles is 1. The number of fused-ring (bicyclic) bond motifs is 1. The van der Waals surface area contributed by atoms with Crippen molar-refractivity contribution in [2.75, 3.05) is 11.9 Å². The van der Waals surface area contributed by atoms with E-state index in [9.17, 15) is 4.79 Å². The largest absolute Gasteiger partial charge is 0.449 e. The van der Waals surface area contributed by atoms with E-state index in [4.69, 9.17) is 15.7 Å². The monoisotopic (exact) mass is 448 g/mol. The first-order valence-corrected chi connectivity index (χ1v) is 10.7. The summed E-state index contributed by atoms with van der Waals surface area (Å²) in [6, 6.07) is 9.84. The molecule has 0 atom stereocenters. The molecule has 32 heavy (non-hydrogen) atoms. The number of primary amides is 1. The molecular formula is C21H20N8O2S. The molecule has 0 saturated carbocycles. The van der Waals surface area contributed by atoms with Gasteiger partial charge in [-0.3, -0.25) is 4.98 Å². The summed E-state index contributed by atoms with van der Waals surface area (Å²) in [6.45, 7) is 4.25. The molecule has 0 aliphatic carbocycles. The van der Waals surface area contributed by atoms with E-state index in [1.165, 1.54) is 17.5 Å². The van der Waals surface area contributed by atoms with Gasteiger partial charge >= 0.3 is 6.09 Å². The van der Waals surface area contributed by atoms with Crippen LogP contribution < -0.4 is 11.1 Å². The number of hydrogen-bond acceptors (Lipinski definition) is 9. The predicted molar refractivity (Wildman–Crippen MR) is 120 cm³/mol. The van der Waals surface area contributed by atoms with E-state index in [2.05, 4.69) is 31.7 Å². The molecule has 3 N–H and O–H groups in total. The van der Waals surface area contributed by atoms with Crippen molar-refractivity contribution in [2.45, 2.75) is 26.3 Å². The fourth-order valence-electron chi connectivity index (χ4n) is 3.15. The Bertz CT molecular complexity index is 1320. The first-order valence-electron chi connectivity index (χ1n) is 9.84. The van der Waals surface area contributed by atoms with Crippen molar-refractivity contribution in [3.05, 3.63) is 47.2 Å². The lowest BCUT2D eigenvalue weighted by Gasteiger charge is -2.14. The number of rotatable bonds is 7. The Morgan fingerprint density at radius 2 is 2.16 bits per heavy atom. The van der Waals surface area contributed by atoms with Crippen molar-refractivity contribution < 1.29 is 9.53 Å². The molecule has 0 radical (unpaired) electrons. The number of carbonyl (C=O) groups excluding carboxylic acids is 1. The van der Waals surface area contributed by atoms with Crippen LogP contribution in [0.25, 0.3) is 27.5 Å². The molecule has 0 aliphatic heterocycles. The van der Waals surface area contributed by atoms with Crippen LogP contribution in [0.2, 0.25) is 0 Å². The summed E-state index contributed by atoms with van der Waals surface area (Å²) in [7, 11) is 0. The molecule has 10 nitrogen and oxygen atoms in total. The minimum Gasteiger partial charge on any atom is -0.449 e. The number of pyridine rings is 1. The van der Waals surface area contributed by atoms with Gasteiger partial charge in [-0.25, -0.2) is 9.31 Å². The van der Waals surface area contributed by atoms with E-state index in [0.29, 0.717) is 17.0 Å². The smallest absolute Gasteiger partial charge is 0.404 e. The third-order valence-corrected chi connectivity index (χ3v) is 5.51. The zero-order chi connectivity index (χ0) is 22.7. The van der Waals surface area contributed by atoms with Crippen LogP contribution in [-0.4, -0.2) is 43.5 Å². The molecule has 0 bridgehead atoms. The molecule has 11 heteroatoms. The maximum atomic E-state index is 10.7. The van der Waals surface area contributed by atoms with Gasteiger partial charge in [-0.05, 0) is 38.1 Å². The van der Waals surface area contributed by atoms with Gasteiger partial charge in [-0.2, -0.15) is 10.4 Å². The van der Waals surface area contributed by atoms with Crippen molar-refractivity contribution in [1.29, 1.82) is 5.26 Å². The Balaban J connectivity index is 1.68.